The molecule has 1 heterocycles. The van der Waals surface area contributed by atoms with Crippen molar-refractivity contribution >= 4 is 7.85 Å². The Hall–Kier alpha value is -2.67. The van der Waals surface area contributed by atoms with Crippen molar-refractivity contribution in [3.63, 3.8) is 0 Å². The summed E-state index contributed by atoms with van der Waals surface area (Å²) in [6.45, 7) is 0. The molecule has 1 N–H and O–H groups in total. The molecule has 10 heteroatoms. The molecule has 4 nitrogen and oxygen atoms in total. The standard InChI is InChI=1S/C15H8BF5N2O2/c16-13(24)12-9(4-22)11(25-8-3-7(17)5-23-6-8)2-1-10(12)14(18,19)15(13,20)21/h1-3,5-6,24H,16H2. The Kier molecular flexibility index (Phi) is 3.55. The van der Waals surface area contributed by atoms with Crippen molar-refractivity contribution in [3.8, 4) is 17.6 Å². The van der Waals surface area contributed by atoms with Crippen molar-refractivity contribution in [1.82, 2.24) is 4.98 Å². The minimum absolute atomic E-state index is 0.174. The molecule has 0 amide bonds. The second kappa shape index (κ2) is 5.16. The number of nitriles is 1. The van der Waals surface area contributed by atoms with Gasteiger partial charge in [0.1, 0.15) is 34.4 Å². The van der Waals surface area contributed by atoms with Gasteiger partial charge >= 0.3 is 11.8 Å². The van der Waals surface area contributed by atoms with Crippen molar-refractivity contribution in [2.45, 2.75) is 17.3 Å². The Labute approximate surface area is 138 Å². The van der Waals surface area contributed by atoms with Crippen LogP contribution in [0.25, 0.3) is 0 Å². The van der Waals surface area contributed by atoms with Crippen LogP contribution in [-0.2, 0) is 11.4 Å². The molecule has 3 rings (SSSR count). The van der Waals surface area contributed by atoms with Crippen LogP contribution in [0.2, 0.25) is 0 Å². The first-order valence-corrected chi connectivity index (χ1v) is 6.88. The molecule has 0 fully saturated rings. The molecular weight excluding hydrogens is 346 g/mol. The van der Waals surface area contributed by atoms with Crippen LogP contribution in [0.1, 0.15) is 16.7 Å². The van der Waals surface area contributed by atoms with Gasteiger partial charge in [0, 0.05) is 17.2 Å². The Bertz CT molecular complexity index is 911. The molecule has 1 atom stereocenters. The highest BCUT2D eigenvalue weighted by Gasteiger charge is 2.74. The van der Waals surface area contributed by atoms with E-state index in [9.17, 15) is 32.3 Å². The highest BCUT2D eigenvalue weighted by molar-refractivity contribution is 6.16. The number of alkyl halides is 4. The topological polar surface area (TPSA) is 66.1 Å². The van der Waals surface area contributed by atoms with E-state index < -0.39 is 39.9 Å². The quantitative estimate of drug-likeness (QED) is 0.665. The fourth-order valence-corrected chi connectivity index (χ4v) is 2.75. The lowest BCUT2D eigenvalue weighted by Crippen LogP contribution is -2.49. The van der Waals surface area contributed by atoms with E-state index >= 15 is 0 Å². The van der Waals surface area contributed by atoms with Gasteiger partial charge in [-0.25, -0.2) is 4.39 Å². The maximum absolute atomic E-state index is 14.0. The van der Waals surface area contributed by atoms with Gasteiger partial charge in [-0.3, -0.25) is 4.98 Å². The fourth-order valence-electron chi connectivity index (χ4n) is 2.75. The van der Waals surface area contributed by atoms with Gasteiger partial charge in [-0.15, -0.1) is 0 Å². The number of ether oxygens (including phenoxy) is 1. The van der Waals surface area contributed by atoms with Gasteiger partial charge in [-0.2, -0.15) is 22.8 Å². The smallest absolute Gasteiger partial charge is 0.338 e. The molecular formula is C15H8BF5N2O2. The summed E-state index contributed by atoms with van der Waals surface area (Å²) in [4.78, 5) is 3.51. The zero-order valence-corrected chi connectivity index (χ0v) is 12.5. The van der Waals surface area contributed by atoms with Gasteiger partial charge in [0.25, 0.3) is 0 Å². The van der Waals surface area contributed by atoms with Gasteiger partial charge in [0.2, 0.25) is 0 Å². The second-order valence-corrected chi connectivity index (χ2v) is 5.63. The van der Waals surface area contributed by atoms with Gasteiger partial charge in [-0.1, -0.05) is 0 Å². The molecule has 0 spiro atoms. The van der Waals surface area contributed by atoms with E-state index in [1.807, 2.05) is 0 Å². The number of fused-ring (bicyclic) bond motifs is 1. The molecule has 1 aromatic heterocycles. The van der Waals surface area contributed by atoms with E-state index in [-0.39, 0.29) is 11.5 Å². The number of hydrogen-bond acceptors (Lipinski definition) is 4. The van der Waals surface area contributed by atoms with E-state index in [4.69, 9.17) is 4.74 Å². The summed E-state index contributed by atoms with van der Waals surface area (Å²) in [5.41, 5.74) is -6.07. The zero-order chi connectivity index (χ0) is 18.6. The number of benzene rings is 1. The zero-order valence-electron chi connectivity index (χ0n) is 12.5. The van der Waals surface area contributed by atoms with Gasteiger partial charge in [0.15, 0.2) is 7.85 Å². The maximum atomic E-state index is 14.0. The number of aliphatic hydroxyl groups is 1. The largest absolute Gasteiger partial charge is 0.454 e. The summed E-state index contributed by atoms with van der Waals surface area (Å²) in [6, 6.07) is 3.93. The van der Waals surface area contributed by atoms with E-state index in [1.165, 1.54) is 6.07 Å². The number of nitrogens with zero attached hydrogens (tertiary/aromatic N) is 2. The second-order valence-electron chi connectivity index (χ2n) is 5.63. The van der Waals surface area contributed by atoms with Crippen LogP contribution < -0.4 is 4.74 Å². The highest BCUT2D eigenvalue weighted by atomic mass is 19.3. The SMILES string of the molecule is BC1(O)c2c(ccc(Oc3cncc(F)c3)c2C#N)C(F)(F)C1(F)F. The number of rotatable bonds is 2. The van der Waals surface area contributed by atoms with Crippen molar-refractivity contribution in [2.24, 2.45) is 0 Å². The molecule has 2 aromatic rings. The van der Waals surface area contributed by atoms with Crippen LogP contribution in [0, 0.1) is 17.1 Å². The molecule has 1 aliphatic rings. The molecule has 0 aliphatic heterocycles. The number of hydrogen-bond donors (Lipinski definition) is 1. The molecule has 0 saturated heterocycles. The van der Waals surface area contributed by atoms with Gasteiger partial charge in [0.05, 0.1) is 12.4 Å². The summed E-state index contributed by atoms with van der Waals surface area (Å²) >= 11 is 0. The third-order valence-electron chi connectivity index (χ3n) is 4.02. The lowest BCUT2D eigenvalue weighted by molar-refractivity contribution is -0.260. The third kappa shape index (κ3) is 2.19. The molecule has 25 heavy (non-hydrogen) atoms. The monoisotopic (exact) mass is 354 g/mol. The average molecular weight is 354 g/mol. The Morgan fingerprint density at radius 3 is 2.48 bits per heavy atom. The Morgan fingerprint density at radius 2 is 1.88 bits per heavy atom. The molecule has 1 unspecified atom stereocenters. The minimum Gasteiger partial charge on any atom is -0.454 e. The summed E-state index contributed by atoms with van der Waals surface area (Å²) in [5, 5.41) is 19.3. The molecule has 0 bridgehead atoms. The highest BCUT2D eigenvalue weighted by Crippen LogP contribution is 2.60. The van der Waals surface area contributed by atoms with E-state index in [2.05, 4.69) is 4.98 Å². The van der Waals surface area contributed by atoms with E-state index in [0.29, 0.717) is 13.9 Å². The fraction of sp³-hybridized carbons (Fsp3) is 0.200. The molecule has 128 valence electrons. The van der Waals surface area contributed by atoms with Gasteiger partial charge in [-0.05, 0) is 12.1 Å². The Morgan fingerprint density at radius 1 is 1.20 bits per heavy atom. The first kappa shape index (κ1) is 17.2. The summed E-state index contributed by atoms with van der Waals surface area (Å²) < 4.78 is 74.4. The number of aromatic nitrogens is 1. The molecule has 0 radical (unpaired) electrons. The average Bonchev–Trinajstić information content (AvgIpc) is 2.63. The lowest BCUT2D eigenvalue weighted by Gasteiger charge is -2.29. The van der Waals surface area contributed by atoms with Crippen LogP contribution in [-0.4, -0.2) is 23.9 Å². The van der Waals surface area contributed by atoms with E-state index in [1.54, 1.807) is 0 Å². The van der Waals surface area contributed by atoms with Crippen LogP contribution in [0.4, 0.5) is 22.0 Å². The lowest BCUT2D eigenvalue weighted by atomic mass is 9.73. The first-order valence-electron chi connectivity index (χ1n) is 6.88. The normalized spacial score (nSPS) is 22.9. The number of pyridine rings is 1. The Balaban J connectivity index is 2.20. The number of halogens is 5. The van der Waals surface area contributed by atoms with Crippen molar-refractivity contribution in [3.05, 3.63) is 53.1 Å². The molecule has 0 saturated carbocycles. The predicted octanol–water partition coefficient (Wildman–Crippen LogP) is 2.40. The van der Waals surface area contributed by atoms with Crippen molar-refractivity contribution in [2.75, 3.05) is 0 Å². The predicted molar refractivity (Wildman–Crippen MR) is 76.7 cm³/mol. The van der Waals surface area contributed by atoms with Crippen LogP contribution >= 0.6 is 0 Å². The maximum Gasteiger partial charge on any atom is 0.338 e. The summed E-state index contributed by atoms with van der Waals surface area (Å²) in [7, 11) is 0.501. The van der Waals surface area contributed by atoms with E-state index in [0.717, 1.165) is 24.5 Å². The van der Waals surface area contributed by atoms with Gasteiger partial charge < -0.3 is 9.84 Å². The minimum atomic E-state index is -4.83. The van der Waals surface area contributed by atoms with Crippen LogP contribution in [0.5, 0.6) is 11.5 Å². The van der Waals surface area contributed by atoms with Crippen LogP contribution in [0.15, 0.2) is 30.6 Å². The third-order valence-corrected chi connectivity index (χ3v) is 4.02. The van der Waals surface area contributed by atoms with Crippen molar-refractivity contribution < 1.29 is 31.8 Å². The van der Waals surface area contributed by atoms with Crippen molar-refractivity contribution in [1.29, 1.82) is 5.26 Å². The molecule has 1 aliphatic carbocycles. The summed E-state index contributed by atoms with van der Waals surface area (Å²) in [5.74, 6) is -10.8. The summed E-state index contributed by atoms with van der Waals surface area (Å²) in [6.07, 6.45) is 1.96. The molecule has 1 aromatic carbocycles. The first-order chi connectivity index (χ1) is 11.5. The van der Waals surface area contributed by atoms with Crippen LogP contribution in [0.3, 0.4) is 0 Å².